The van der Waals surface area contributed by atoms with Crippen LogP contribution in [0.5, 0.6) is 0 Å². The van der Waals surface area contributed by atoms with E-state index in [1.807, 2.05) is 17.2 Å². The topological polar surface area (TPSA) is 33.2 Å². The zero-order valence-electron chi connectivity index (χ0n) is 9.03. The van der Waals surface area contributed by atoms with E-state index in [0.29, 0.717) is 6.42 Å². The minimum absolute atomic E-state index is 0.240. The van der Waals surface area contributed by atoms with Gasteiger partial charge in [0.25, 0.3) is 0 Å². The number of thiazole rings is 1. The molecule has 0 N–H and O–H groups in total. The van der Waals surface area contributed by atoms with Gasteiger partial charge in [-0.2, -0.15) is 0 Å². The Hall–Kier alpha value is -0.900. The van der Waals surface area contributed by atoms with Crippen LogP contribution in [0.3, 0.4) is 0 Å². The van der Waals surface area contributed by atoms with E-state index in [4.69, 9.17) is 0 Å². The molecule has 0 aromatic carbocycles. The lowest BCUT2D eigenvalue weighted by molar-refractivity contribution is -0.131. The number of aromatic nitrogens is 1. The van der Waals surface area contributed by atoms with Crippen LogP contribution in [0.2, 0.25) is 0 Å². The molecule has 1 aromatic heterocycles. The summed E-state index contributed by atoms with van der Waals surface area (Å²) in [6.07, 6.45) is 4.06. The second kappa shape index (κ2) is 4.75. The second-order valence-electron chi connectivity index (χ2n) is 4.00. The summed E-state index contributed by atoms with van der Waals surface area (Å²) in [6, 6.07) is 0. The summed E-state index contributed by atoms with van der Waals surface area (Å²) in [6.45, 7) is 3.83. The van der Waals surface area contributed by atoms with Gasteiger partial charge in [-0.3, -0.25) is 4.79 Å². The van der Waals surface area contributed by atoms with E-state index in [-0.39, 0.29) is 5.91 Å². The van der Waals surface area contributed by atoms with Crippen LogP contribution in [-0.4, -0.2) is 28.9 Å². The predicted octanol–water partition coefficient (Wildman–Crippen LogP) is 2.01. The SMILES string of the molecule is Cc1csc(CC(=O)N2CCCCC2)n1. The molecule has 0 unspecified atom stereocenters. The van der Waals surface area contributed by atoms with Crippen LogP contribution in [0.25, 0.3) is 0 Å². The number of hydrogen-bond donors (Lipinski definition) is 0. The van der Waals surface area contributed by atoms with E-state index < -0.39 is 0 Å². The van der Waals surface area contributed by atoms with Crippen molar-refractivity contribution >= 4 is 17.2 Å². The van der Waals surface area contributed by atoms with Crippen LogP contribution in [0.4, 0.5) is 0 Å². The lowest BCUT2D eigenvalue weighted by Gasteiger charge is -2.26. The third-order valence-electron chi connectivity index (χ3n) is 2.68. The highest BCUT2D eigenvalue weighted by atomic mass is 32.1. The van der Waals surface area contributed by atoms with Gasteiger partial charge in [-0.1, -0.05) is 0 Å². The molecule has 2 heterocycles. The molecule has 0 spiro atoms. The van der Waals surface area contributed by atoms with Crippen LogP contribution in [0, 0.1) is 6.92 Å². The number of likely N-dealkylation sites (tertiary alicyclic amines) is 1. The average molecular weight is 224 g/mol. The molecule has 82 valence electrons. The number of amides is 1. The number of aryl methyl sites for hydroxylation is 1. The number of carbonyl (C=O) groups is 1. The fraction of sp³-hybridized carbons (Fsp3) is 0.636. The van der Waals surface area contributed by atoms with Crippen molar-refractivity contribution in [2.45, 2.75) is 32.6 Å². The number of hydrogen-bond acceptors (Lipinski definition) is 3. The number of carbonyl (C=O) groups excluding carboxylic acids is 1. The van der Waals surface area contributed by atoms with Gasteiger partial charge in [-0.15, -0.1) is 11.3 Å². The predicted molar refractivity (Wildman–Crippen MR) is 61.0 cm³/mol. The van der Waals surface area contributed by atoms with Gasteiger partial charge in [-0.05, 0) is 26.2 Å². The Bertz CT molecular complexity index is 342. The Labute approximate surface area is 94.1 Å². The third-order valence-corrected chi connectivity index (χ3v) is 3.64. The summed E-state index contributed by atoms with van der Waals surface area (Å²) < 4.78 is 0. The van der Waals surface area contributed by atoms with Gasteiger partial charge in [0.15, 0.2) is 0 Å². The standard InChI is InChI=1S/C11H16N2OS/c1-9-8-15-10(12-9)7-11(14)13-5-3-2-4-6-13/h8H,2-7H2,1H3. The molecule has 1 saturated heterocycles. The van der Waals surface area contributed by atoms with Crippen LogP contribution in [-0.2, 0) is 11.2 Å². The van der Waals surface area contributed by atoms with Crippen molar-refractivity contribution in [1.29, 1.82) is 0 Å². The molecule has 0 saturated carbocycles. The lowest BCUT2D eigenvalue weighted by Crippen LogP contribution is -2.36. The highest BCUT2D eigenvalue weighted by molar-refractivity contribution is 7.09. The van der Waals surface area contributed by atoms with E-state index in [9.17, 15) is 4.79 Å². The molecule has 1 aromatic rings. The first-order valence-corrected chi connectivity index (χ1v) is 6.32. The van der Waals surface area contributed by atoms with Crippen molar-refractivity contribution in [2.75, 3.05) is 13.1 Å². The van der Waals surface area contributed by atoms with Gasteiger partial charge < -0.3 is 4.90 Å². The molecule has 0 aliphatic carbocycles. The largest absolute Gasteiger partial charge is 0.342 e. The fourth-order valence-electron chi connectivity index (χ4n) is 1.87. The minimum Gasteiger partial charge on any atom is -0.342 e. The summed E-state index contributed by atoms with van der Waals surface area (Å²) >= 11 is 1.58. The van der Waals surface area contributed by atoms with Crippen LogP contribution in [0.1, 0.15) is 30.0 Å². The summed E-state index contributed by atoms with van der Waals surface area (Å²) in [4.78, 5) is 18.2. The Morgan fingerprint density at radius 1 is 1.47 bits per heavy atom. The molecular weight excluding hydrogens is 208 g/mol. The van der Waals surface area contributed by atoms with Gasteiger partial charge >= 0.3 is 0 Å². The van der Waals surface area contributed by atoms with Gasteiger partial charge in [0.2, 0.25) is 5.91 Å². The van der Waals surface area contributed by atoms with Gasteiger partial charge in [0.05, 0.1) is 6.42 Å². The molecule has 15 heavy (non-hydrogen) atoms. The molecule has 3 nitrogen and oxygen atoms in total. The summed E-state index contributed by atoms with van der Waals surface area (Å²) in [5.74, 6) is 0.240. The number of piperidine rings is 1. The third kappa shape index (κ3) is 2.78. The van der Waals surface area contributed by atoms with Gasteiger partial charge in [0, 0.05) is 24.2 Å². The lowest BCUT2D eigenvalue weighted by atomic mass is 10.1. The summed E-state index contributed by atoms with van der Waals surface area (Å²) in [7, 11) is 0. The molecule has 1 fully saturated rings. The van der Waals surface area contributed by atoms with E-state index in [1.165, 1.54) is 6.42 Å². The van der Waals surface area contributed by atoms with Crippen LogP contribution >= 0.6 is 11.3 Å². The maximum atomic E-state index is 11.9. The van der Waals surface area contributed by atoms with Crippen molar-refractivity contribution in [1.82, 2.24) is 9.88 Å². The quantitative estimate of drug-likeness (QED) is 0.770. The minimum atomic E-state index is 0.240. The Kier molecular flexibility index (Phi) is 3.36. The van der Waals surface area contributed by atoms with Crippen molar-refractivity contribution in [3.05, 3.63) is 16.1 Å². The zero-order valence-corrected chi connectivity index (χ0v) is 9.85. The van der Waals surface area contributed by atoms with E-state index in [1.54, 1.807) is 11.3 Å². The molecule has 1 aliphatic heterocycles. The molecule has 0 atom stereocenters. The highest BCUT2D eigenvalue weighted by Crippen LogP contribution is 2.13. The van der Waals surface area contributed by atoms with E-state index in [2.05, 4.69) is 4.98 Å². The summed E-state index contributed by atoms with van der Waals surface area (Å²) in [5, 5.41) is 2.95. The molecule has 2 rings (SSSR count). The van der Waals surface area contributed by atoms with E-state index >= 15 is 0 Å². The smallest absolute Gasteiger partial charge is 0.229 e. The Balaban J connectivity index is 1.91. The van der Waals surface area contributed by atoms with Crippen molar-refractivity contribution in [3.63, 3.8) is 0 Å². The maximum Gasteiger partial charge on any atom is 0.229 e. The monoisotopic (exact) mass is 224 g/mol. The first-order chi connectivity index (χ1) is 7.25. The van der Waals surface area contributed by atoms with E-state index in [0.717, 1.165) is 36.6 Å². The first-order valence-electron chi connectivity index (χ1n) is 5.44. The van der Waals surface area contributed by atoms with Crippen molar-refractivity contribution in [2.24, 2.45) is 0 Å². The number of rotatable bonds is 2. The second-order valence-corrected chi connectivity index (χ2v) is 4.94. The molecule has 1 aliphatic rings. The van der Waals surface area contributed by atoms with Crippen LogP contribution in [0.15, 0.2) is 5.38 Å². The normalized spacial score (nSPS) is 16.7. The molecular formula is C11H16N2OS. The average Bonchev–Trinajstić information content (AvgIpc) is 2.65. The summed E-state index contributed by atoms with van der Waals surface area (Å²) in [5.41, 5.74) is 1.02. The van der Waals surface area contributed by atoms with Gasteiger partial charge in [0.1, 0.15) is 5.01 Å². The number of nitrogens with zero attached hydrogens (tertiary/aromatic N) is 2. The van der Waals surface area contributed by atoms with Crippen molar-refractivity contribution in [3.8, 4) is 0 Å². The molecule has 4 heteroatoms. The van der Waals surface area contributed by atoms with Crippen molar-refractivity contribution < 1.29 is 4.79 Å². The van der Waals surface area contributed by atoms with Crippen LogP contribution < -0.4 is 0 Å². The Morgan fingerprint density at radius 2 is 2.20 bits per heavy atom. The molecule has 0 bridgehead atoms. The van der Waals surface area contributed by atoms with Gasteiger partial charge in [-0.25, -0.2) is 4.98 Å². The Morgan fingerprint density at radius 3 is 2.80 bits per heavy atom. The maximum absolute atomic E-state index is 11.9. The zero-order chi connectivity index (χ0) is 10.7. The first kappa shape index (κ1) is 10.6. The fourth-order valence-corrected chi connectivity index (χ4v) is 2.63. The molecule has 0 radical (unpaired) electrons. The highest BCUT2D eigenvalue weighted by Gasteiger charge is 2.17. The molecule has 1 amide bonds.